The van der Waals surface area contributed by atoms with E-state index in [1.165, 1.54) is 23.3 Å². The predicted molar refractivity (Wildman–Crippen MR) is 139 cm³/mol. The Hall–Kier alpha value is -1.75. The number of guanidine groups is 1. The van der Waals surface area contributed by atoms with Crippen molar-refractivity contribution >= 4 is 29.9 Å². The number of hydrogen-bond acceptors (Lipinski definition) is 4. The number of benzene rings is 2. The van der Waals surface area contributed by atoms with Crippen LogP contribution in [-0.4, -0.2) is 68.3 Å². The second kappa shape index (κ2) is 12.6. The van der Waals surface area contributed by atoms with Gasteiger partial charge in [-0.05, 0) is 35.7 Å². The molecule has 4 rings (SSSR count). The lowest BCUT2D eigenvalue weighted by Gasteiger charge is -2.38. The van der Waals surface area contributed by atoms with Crippen molar-refractivity contribution in [1.82, 2.24) is 15.1 Å². The SMILES string of the molecule is CN=C(NCc1cccc(CN2CCOCC2)c1)N1CC(C)OC(c2ccc(F)cc2)C1.I. The number of nitrogens with one attached hydrogen (secondary N) is 1. The summed E-state index contributed by atoms with van der Waals surface area (Å²) < 4.78 is 24.9. The zero-order valence-electron chi connectivity index (χ0n) is 19.4. The second-order valence-electron chi connectivity index (χ2n) is 8.50. The first-order valence-electron chi connectivity index (χ1n) is 11.3. The van der Waals surface area contributed by atoms with E-state index in [4.69, 9.17) is 9.47 Å². The Morgan fingerprint density at radius 1 is 1.09 bits per heavy atom. The first kappa shape index (κ1) is 25.9. The van der Waals surface area contributed by atoms with Crippen LogP contribution in [0.3, 0.4) is 0 Å². The highest BCUT2D eigenvalue weighted by Crippen LogP contribution is 2.25. The highest BCUT2D eigenvalue weighted by Gasteiger charge is 2.28. The highest BCUT2D eigenvalue weighted by molar-refractivity contribution is 14.0. The van der Waals surface area contributed by atoms with Gasteiger partial charge in [0.15, 0.2) is 5.96 Å². The Balaban J connectivity index is 0.00000306. The predicted octanol–water partition coefficient (Wildman–Crippen LogP) is 3.81. The fraction of sp³-hybridized carbons (Fsp3) is 0.480. The van der Waals surface area contributed by atoms with Crippen LogP contribution in [0.15, 0.2) is 53.5 Å². The number of rotatable bonds is 5. The Bertz CT molecular complexity index is 906. The number of halogens is 2. The average molecular weight is 568 g/mol. The number of aliphatic imine (C=N–C) groups is 1. The van der Waals surface area contributed by atoms with E-state index in [2.05, 4.69) is 51.3 Å². The summed E-state index contributed by atoms with van der Waals surface area (Å²) in [6.07, 6.45) is -0.0658. The monoisotopic (exact) mass is 568 g/mol. The molecule has 0 saturated carbocycles. The maximum absolute atomic E-state index is 13.3. The minimum atomic E-state index is -0.234. The highest BCUT2D eigenvalue weighted by atomic mass is 127. The molecule has 2 fully saturated rings. The van der Waals surface area contributed by atoms with Gasteiger partial charge in [0, 0.05) is 39.8 Å². The van der Waals surface area contributed by atoms with E-state index in [1.807, 2.05) is 7.05 Å². The molecule has 6 nitrogen and oxygen atoms in total. The maximum Gasteiger partial charge on any atom is 0.194 e. The first-order valence-corrected chi connectivity index (χ1v) is 11.3. The van der Waals surface area contributed by atoms with Crippen molar-refractivity contribution in [1.29, 1.82) is 0 Å². The van der Waals surface area contributed by atoms with E-state index >= 15 is 0 Å². The van der Waals surface area contributed by atoms with Crippen LogP contribution >= 0.6 is 24.0 Å². The van der Waals surface area contributed by atoms with Crippen molar-refractivity contribution < 1.29 is 13.9 Å². The smallest absolute Gasteiger partial charge is 0.194 e. The van der Waals surface area contributed by atoms with Crippen molar-refractivity contribution in [3.63, 3.8) is 0 Å². The standard InChI is InChI=1S/C25H33FN4O2.HI/c1-19-16-30(18-24(32-19)22-6-8-23(26)9-7-22)25(27-2)28-15-20-4-3-5-21(14-20)17-29-10-12-31-13-11-29;/h3-9,14,19,24H,10-13,15-18H2,1-2H3,(H,27,28);1H. The molecular weight excluding hydrogens is 534 g/mol. The third-order valence-corrected chi connectivity index (χ3v) is 5.97. The molecule has 0 amide bonds. The van der Waals surface area contributed by atoms with Gasteiger partial charge in [0.25, 0.3) is 0 Å². The number of nitrogens with zero attached hydrogens (tertiary/aromatic N) is 3. The largest absolute Gasteiger partial charge is 0.379 e. The van der Waals surface area contributed by atoms with E-state index in [9.17, 15) is 4.39 Å². The minimum absolute atomic E-state index is 0. The molecule has 2 atom stereocenters. The summed E-state index contributed by atoms with van der Waals surface area (Å²) in [7, 11) is 1.81. The molecule has 0 bridgehead atoms. The van der Waals surface area contributed by atoms with Crippen LogP contribution < -0.4 is 5.32 Å². The van der Waals surface area contributed by atoms with Gasteiger partial charge in [-0.25, -0.2) is 4.39 Å². The van der Waals surface area contributed by atoms with E-state index in [0.717, 1.165) is 50.9 Å². The van der Waals surface area contributed by atoms with Crippen molar-refractivity contribution in [2.75, 3.05) is 46.4 Å². The maximum atomic E-state index is 13.3. The van der Waals surface area contributed by atoms with Crippen LogP contribution in [0.4, 0.5) is 4.39 Å². The van der Waals surface area contributed by atoms with E-state index in [0.29, 0.717) is 13.1 Å². The summed E-state index contributed by atoms with van der Waals surface area (Å²) in [5, 5.41) is 3.51. The molecule has 2 aliphatic heterocycles. The number of morpholine rings is 2. The van der Waals surface area contributed by atoms with Crippen molar-refractivity contribution in [2.24, 2.45) is 4.99 Å². The normalized spacial score (nSPS) is 22.0. The zero-order chi connectivity index (χ0) is 22.3. The summed E-state index contributed by atoms with van der Waals surface area (Å²) in [5.74, 6) is 0.619. The molecule has 8 heteroatoms. The minimum Gasteiger partial charge on any atom is -0.379 e. The number of hydrogen-bond donors (Lipinski definition) is 1. The third kappa shape index (κ3) is 7.37. The van der Waals surface area contributed by atoms with Crippen LogP contribution in [0.1, 0.15) is 29.7 Å². The molecule has 180 valence electrons. The zero-order valence-corrected chi connectivity index (χ0v) is 21.7. The van der Waals surface area contributed by atoms with Gasteiger partial charge < -0.3 is 19.7 Å². The van der Waals surface area contributed by atoms with Gasteiger partial charge in [-0.1, -0.05) is 36.4 Å². The fourth-order valence-electron chi connectivity index (χ4n) is 4.35. The van der Waals surface area contributed by atoms with Crippen molar-refractivity contribution in [2.45, 2.75) is 32.2 Å². The van der Waals surface area contributed by atoms with E-state index in [1.54, 1.807) is 12.1 Å². The van der Waals surface area contributed by atoms with Crippen molar-refractivity contribution in [3.8, 4) is 0 Å². The molecule has 2 aliphatic rings. The van der Waals surface area contributed by atoms with Crippen molar-refractivity contribution in [3.05, 3.63) is 71.0 Å². The summed E-state index contributed by atoms with van der Waals surface area (Å²) in [4.78, 5) is 9.17. The molecule has 0 aromatic heterocycles. The lowest BCUT2D eigenvalue weighted by Crippen LogP contribution is -2.50. The fourth-order valence-corrected chi connectivity index (χ4v) is 4.35. The molecule has 33 heavy (non-hydrogen) atoms. The Morgan fingerprint density at radius 2 is 1.82 bits per heavy atom. The van der Waals surface area contributed by atoms with Gasteiger partial charge >= 0.3 is 0 Å². The molecule has 1 N–H and O–H groups in total. The molecule has 2 saturated heterocycles. The van der Waals surface area contributed by atoms with Crippen LogP contribution in [0.5, 0.6) is 0 Å². The summed E-state index contributed by atoms with van der Waals surface area (Å²) >= 11 is 0. The average Bonchev–Trinajstić information content (AvgIpc) is 2.80. The quantitative estimate of drug-likeness (QED) is 0.338. The molecule has 2 unspecified atom stereocenters. The Morgan fingerprint density at radius 3 is 2.55 bits per heavy atom. The van der Waals surface area contributed by atoms with Gasteiger partial charge in [-0.3, -0.25) is 9.89 Å². The molecule has 2 aromatic rings. The Kier molecular flexibility index (Phi) is 9.91. The second-order valence-corrected chi connectivity index (χ2v) is 8.50. The summed E-state index contributed by atoms with van der Waals surface area (Å²) in [5.41, 5.74) is 3.53. The van der Waals surface area contributed by atoms with E-state index in [-0.39, 0.29) is 42.0 Å². The summed E-state index contributed by atoms with van der Waals surface area (Å²) in [6.45, 7) is 8.75. The van der Waals surface area contributed by atoms with Gasteiger partial charge in [0.05, 0.1) is 25.9 Å². The van der Waals surface area contributed by atoms with Gasteiger partial charge in [0.1, 0.15) is 11.9 Å². The first-order chi connectivity index (χ1) is 15.6. The van der Waals surface area contributed by atoms with Crippen LogP contribution in [0.25, 0.3) is 0 Å². The molecule has 0 radical (unpaired) electrons. The number of ether oxygens (including phenoxy) is 2. The van der Waals surface area contributed by atoms with Gasteiger partial charge in [0.2, 0.25) is 0 Å². The molecule has 2 aromatic carbocycles. The Labute approximate surface area is 213 Å². The lowest BCUT2D eigenvalue weighted by atomic mass is 10.1. The third-order valence-electron chi connectivity index (χ3n) is 5.97. The van der Waals surface area contributed by atoms with Crippen LogP contribution in [0.2, 0.25) is 0 Å². The topological polar surface area (TPSA) is 49.3 Å². The lowest BCUT2D eigenvalue weighted by molar-refractivity contribution is -0.0605. The van der Waals surface area contributed by atoms with E-state index < -0.39 is 0 Å². The summed E-state index contributed by atoms with van der Waals surface area (Å²) in [6, 6.07) is 15.3. The molecule has 2 heterocycles. The molecule has 0 aliphatic carbocycles. The molecular formula is C25H34FIN4O2. The molecule has 0 spiro atoms. The van der Waals surface area contributed by atoms with Crippen LogP contribution in [-0.2, 0) is 22.6 Å². The van der Waals surface area contributed by atoms with Gasteiger partial charge in [-0.15, -0.1) is 24.0 Å². The van der Waals surface area contributed by atoms with Gasteiger partial charge in [-0.2, -0.15) is 0 Å². The van der Waals surface area contributed by atoms with Crippen LogP contribution in [0, 0.1) is 5.82 Å².